The Morgan fingerprint density at radius 1 is 0.688 bits per heavy atom. The number of unbranched alkanes of at least 4 members (excludes halogenated alkanes) is 22. The van der Waals surface area contributed by atoms with E-state index in [4.69, 9.17) is 9.47 Å². The van der Waals surface area contributed by atoms with E-state index in [1.54, 1.807) is 6.08 Å². The molecule has 1 fully saturated rings. The quantitative estimate of drug-likeness (QED) is 0.0328. The molecule has 9 heteroatoms. The fourth-order valence-electron chi connectivity index (χ4n) is 6.33. The molecule has 0 aromatic rings. The molecule has 1 aliphatic rings. The van der Waals surface area contributed by atoms with Crippen LogP contribution >= 0.6 is 0 Å². The second-order valence-corrected chi connectivity index (χ2v) is 14.1. The van der Waals surface area contributed by atoms with Gasteiger partial charge in [0.05, 0.1) is 25.4 Å². The summed E-state index contributed by atoms with van der Waals surface area (Å²) in [5.41, 5.74) is 0. The molecule has 1 heterocycles. The van der Waals surface area contributed by atoms with Crippen molar-refractivity contribution < 1.29 is 39.8 Å². The molecule has 2 unspecified atom stereocenters. The number of aliphatic hydroxyl groups is 5. The van der Waals surface area contributed by atoms with Gasteiger partial charge in [0.1, 0.15) is 24.4 Å². The Morgan fingerprint density at radius 3 is 1.62 bits per heavy atom. The van der Waals surface area contributed by atoms with E-state index in [9.17, 15) is 30.3 Å². The molecule has 48 heavy (non-hydrogen) atoms. The second-order valence-electron chi connectivity index (χ2n) is 14.1. The average molecular weight is 686 g/mol. The molecule has 1 amide bonds. The molecule has 1 saturated heterocycles. The van der Waals surface area contributed by atoms with Crippen molar-refractivity contribution in [2.45, 2.75) is 217 Å². The lowest BCUT2D eigenvalue weighted by atomic mass is 9.99. The van der Waals surface area contributed by atoms with Gasteiger partial charge in [0, 0.05) is 6.42 Å². The van der Waals surface area contributed by atoms with Crippen molar-refractivity contribution in [2.75, 3.05) is 13.2 Å². The zero-order valence-corrected chi connectivity index (χ0v) is 30.7. The first-order valence-corrected chi connectivity index (χ1v) is 19.9. The molecule has 284 valence electrons. The van der Waals surface area contributed by atoms with Gasteiger partial charge in [-0.3, -0.25) is 4.79 Å². The number of hydrogen-bond acceptors (Lipinski definition) is 8. The summed E-state index contributed by atoms with van der Waals surface area (Å²) in [6, 6.07) is -0.795. The van der Waals surface area contributed by atoms with Crippen LogP contribution in [0, 0.1) is 0 Å². The highest BCUT2D eigenvalue weighted by Crippen LogP contribution is 2.22. The van der Waals surface area contributed by atoms with Crippen LogP contribution in [0.2, 0.25) is 0 Å². The molecule has 6 N–H and O–H groups in total. The summed E-state index contributed by atoms with van der Waals surface area (Å²) in [7, 11) is 0. The van der Waals surface area contributed by atoms with Crippen molar-refractivity contribution in [2.24, 2.45) is 0 Å². The predicted molar refractivity (Wildman–Crippen MR) is 194 cm³/mol. The molecule has 9 nitrogen and oxygen atoms in total. The smallest absolute Gasteiger partial charge is 0.220 e. The molecular formula is C39H75NO8. The van der Waals surface area contributed by atoms with Gasteiger partial charge in [-0.15, -0.1) is 0 Å². The lowest BCUT2D eigenvalue weighted by molar-refractivity contribution is -0.302. The largest absolute Gasteiger partial charge is 0.394 e. The molecule has 0 radical (unpaired) electrons. The van der Waals surface area contributed by atoms with Crippen molar-refractivity contribution in [1.82, 2.24) is 5.32 Å². The molecule has 0 aromatic heterocycles. The van der Waals surface area contributed by atoms with E-state index in [0.717, 1.165) is 38.5 Å². The van der Waals surface area contributed by atoms with Gasteiger partial charge in [-0.2, -0.15) is 0 Å². The molecule has 0 aromatic carbocycles. The Labute approximate surface area is 293 Å². The van der Waals surface area contributed by atoms with Crippen molar-refractivity contribution in [3.63, 3.8) is 0 Å². The maximum atomic E-state index is 12.9. The van der Waals surface area contributed by atoms with E-state index in [1.165, 1.54) is 116 Å². The molecule has 0 saturated carbocycles. The first-order chi connectivity index (χ1) is 23.3. The Kier molecular flexibility index (Phi) is 28.8. The first kappa shape index (κ1) is 45.0. The number of aliphatic hydroxyl groups excluding tert-OH is 5. The van der Waals surface area contributed by atoms with Gasteiger partial charge >= 0.3 is 0 Å². The minimum absolute atomic E-state index is 0.178. The van der Waals surface area contributed by atoms with Gasteiger partial charge in [-0.25, -0.2) is 0 Å². The Bertz CT molecular complexity index is 766. The summed E-state index contributed by atoms with van der Waals surface area (Å²) in [6.45, 7) is 3.74. The normalized spacial score (nSPS) is 22.7. The third kappa shape index (κ3) is 21.9. The number of amides is 1. The van der Waals surface area contributed by atoms with Crippen LogP contribution in [0.15, 0.2) is 12.2 Å². The Hall–Kier alpha value is -1.07. The van der Waals surface area contributed by atoms with Gasteiger partial charge in [0.2, 0.25) is 5.91 Å². The Morgan fingerprint density at radius 2 is 1.15 bits per heavy atom. The van der Waals surface area contributed by atoms with Crippen LogP contribution in [0.5, 0.6) is 0 Å². The Balaban J connectivity index is 2.41. The second kappa shape index (κ2) is 30.7. The number of carbonyl (C=O) groups excluding carboxylic acids is 1. The third-order valence-corrected chi connectivity index (χ3v) is 9.61. The number of rotatable bonds is 32. The zero-order valence-electron chi connectivity index (χ0n) is 30.7. The van der Waals surface area contributed by atoms with Crippen LogP contribution in [-0.2, 0) is 14.3 Å². The van der Waals surface area contributed by atoms with Crippen LogP contribution < -0.4 is 5.32 Å². The van der Waals surface area contributed by atoms with Crippen LogP contribution in [0.1, 0.15) is 174 Å². The van der Waals surface area contributed by atoms with Crippen molar-refractivity contribution >= 4 is 5.91 Å². The minimum atomic E-state index is -1.56. The van der Waals surface area contributed by atoms with Crippen LogP contribution in [-0.4, -0.2) is 87.5 Å². The number of allylic oxidation sites excluding steroid dienone is 1. The molecular weight excluding hydrogens is 610 g/mol. The molecule has 0 bridgehead atoms. The van der Waals surface area contributed by atoms with Crippen molar-refractivity contribution in [3.05, 3.63) is 12.2 Å². The first-order valence-electron chi connectivity index (χ1n) is 19.9. The van der Waals surface area contributed by atoms with Gasteiger partial charge < -0.3 is 40.3 Å². The summed E-state index contributed by atoms with van der Waals surface area (Å²) in [6.07, 6.45) is 25.4. The number of nitrogens with one attached hydrogen (secondary N) is 1. The van der Waals surface area contributed by atoms with E-state index in [0.29, 0.717) is 6.42 Å². The standard InChI is InChI=1S/C39H75NO8/c1-3-5-7-9-11-13-15-16-17-18-19-21-23-25-27-29-35(43)40-32(31-47-39-38(46)37(45)36(44)34(30-41)48-39)33(42)28-26-24-22-20-14-12-10-8-6-4-2/h26,28,32-34,36-39,41-42,44-46H,3-25,27,29-31H2,1-2H3,(H,40,43)/b28-26+/t32-,33+,34-,36-,37?,38?,39-/m0/s1. The molecule has 7 atom stereocenters. The van der Waals surface area contributed by atoms with Crippen LogP contribution in [0.3, 0.4) is 0 Å². The van der Waals surface area contributed by atoms with E-state index in [1.807, 2.05) is 6.08 Å². The summed E-state index contributed by atoms with van der Waals surface area (Å²) in [4.78, 5) is 12.9. The summed E-state index contributed by atoms with van der Waals surface area (Å²) < 4.78 is 11.1. The molecule has 0 aliphatic carbocycles. The van der Waals surface area contributed by atoms with Crippen molar-refractivity contribution in [1.29, 1.82) is 0 Å². The summed E-state index contributed by atoms with van der Waals surface area (Å²) in [5.74, 6) is -0.178. The molecule has 0 spiro atoms. The highest BCUT2D eigenvalue weighted by molar-refractivity contribution is 5.76. The van der Waals surface area contributed by atoms with Crippen molar-refractivity contribution in [3.8, 4) is 0 Å². The molecule has 1 rings (SSSR count). The third-order valence-electron chi connectivity index (χ3n) is 9.61. The maximum absolute atomic E-state index is 12.9. The van der Waals surface area contributed by atoms with E-state index >= 15 is 0 Å². The van der Waals surface area contributed by atoms with Gasteiger partial charge in [-0.05, 0) is 19.3 Å². The highest BCUT2D eigenvalue weighted by atomic mass is 16.7. The fourth-order valence-corrected chi connectivity index (χ4v) is 6.33. The maximum Gasteiger partial charge on any atom is 0.220 e. The molecule has 1 aliphatic heterocycles. The van der Waals surface area contributed by atoms with E-state index < -0.39 is 49.5 Å². The minimum Gasteiger partial charge on any atom is -0.394 e. The SMILES string of the molecule is CCCCCCCCCC/C=C/[C@@H](O)[C@H](CO[C@H]1O[C@@H](CO)[C@H](O)C(O)C1O)NC(=O)CCCCCCCCCCCCCCCCC. The number of ether oxygens (including phenoxy) is 2. The zero-order chi connectivity index (χ0) is 35.2. The van der Waals surface area contributed by atoms with Crippen LogP contribution in [0.4, 0.5) is 0 Å². The number of hydrogen-bond donors (Lipinski definition) is 6. The van der Waals surface area contributed by atoms with Crippen LogP contribution in [0.25, 0.3) is 0 Å². The lowest BCUT2D eigenvalue weighted by Crippen LogP contribution is -2.60. The summed E-state index contributed by atoms with van der Waals surface area (Å²) in [5, 5.41) is 53.8. The van der Waals surface area contributed by atoms with E-state index in [2.05, 4.69) is 19.2 Å². The predicted octanol–water partition coefficient (Wildman–Crippen LogP) is 7.00. The highest BCUT2D eigenvalue weighted by Gasteiger charge is 2.44. The summed E-state index contributed by atoms with van der Waals surface area (Å²) >= 11 is 0. The topological polar surface area (TPSA) is 149 Å². The lowest BCUT2D eigenvalue weighted by Gasteiger charge is -2.40. The fraction of sp³-hybridized carbons (Fsp3) is 0.923. The van der Waals surface area contributed by atoms with Gasteiger partial charge in [0.15, 0.2) is 6.29 Å². The number of carbonyl (C=O) groups is 1. The van der Waals surface area contributed by atoms with E-state index in [-0.39, 0.29) is 12.5 Å². The van der Waals surface area contributed by atoms with Gasteiger partial charge in [-0.1, -0.05) is 161 Å². The monoisotopic (exact) mass is 686 g/mol. The average Bonchev–Trinajstić information content (AvgIpc) is 3.08. The van der Waals surface area contributed by atoms with Gasteiger partial charge in [0.25, 0.3) is 0 Å².